The average molecular weight is 256 g/mol. The normalized spacial score (nSPS) is 27.5. The molecule has 0 aromatic carbocycles. The summed E-state index contributed by atoms with van der Waals surface area (Å²) < 4.78 is 9.20. The van der Waals surface area contributed by atoms with Crippen molar-refractivity contribution >= 4 is 23.5 Å². The van der Waals surface area contributed by atoms with Crippen LogP contribution in [0.2, 0.25) is 0 Å². The summed E-state index contributed by atoms with van der Waals surface area (Å²) in [5.41, 5.74) is 0. The van der Waals surface area contributed by atoms with Gasteiger partial charge in [0.05, 0.1) is 26.1 Å². The Bertz CT molecular complexity index is 384. The van der Waals surface area contributed by atoms with Crippen LogP contribution in [-0.2, 0) is 28.7 Å². The van der Waals surface area contributed by atoms with Gasteiger partial charge < -0.3 is 9.47 Å². The van der Waals surface area contributed by atoms with Crippen LogP contribution in [0.15, 0.2) is 0 Å². The van der Waals surface area contributed by atoms with Crippen LogP contribution in [0, 0.1) is 17.8 Å². The van der Waals surface area contributed by atoms with Gasteiger partial charge in [0.2, 0.25) is 0 Å². The van der Waals surface area contributed by atoms with Gasteiger partial charge in [-0.15, -0.1) is 0 Å². The highest BCUT2D eigenvalue weighted by Gasteiger charge is 2.47. The maximum atomic E-state index is 11.7. The van der Waals surface area contributed by atoms with Crippen molar-refractivity contribution in [2.24, 2.45) is 17.8 Å². The molecule has 0 saturated heterocycles. The Morgan fingerprint density at radius 2 is 1.50 bits per heavy atom. The van der Waals surface area contributed by atoms with E-state index < -0.39 is 29.7 Å². The van der Waals surface area contributed by atoms with E-state index in [1.807, 2.05) is 0 Å². The number of hydrogen-bond acceptors (Lipinski definition) is 6. The maximum Gasteiger partial charge on any atom is 0.310 e. The molecular weight excluding hydrogens is 240 g/mol. The molecule has 100 valence electrons. The number of carbonyl (C=O) groups is 4. The van der Waals surface area contributed by atoms with Crippen LogP contribution in [0.3, 0.4) is 0 Å². The van der Waals surface area contributed by atoms with Crippen LogP contribution < -0.4 is 0 Å². The second-order valence-corrected chi connectivity index (χ2v) is 4.34. The molecule has 6 nitrogen and oxygen atoms in total. The fourth-order valence-corrected chi connectivity index (χ4v) is 2.35. The summed E-state index contributed by atoms with van der Waals surface area (Å²) >= 11 is 0. The first-order valence-corrected chi connectivity index (χ1v) is 5.60. The average Bonchev–Trinajstić information content (AvgIpc) is 2.35. The Balaban J connectivity index is 3.11. The minimum absolute atomic E-state index is 0.0252. The third-order valence-electron chi connectivity index (χ3n) is 3.26. The van der Waals surface area contributed by atoms with Gasteiger partial charge in [-0.3, -0.25) is 19.2 Å². The predicted octanol–water partition coefficient (Wildman–Crippen LogP) is 0.133. The van der Waals surface area contributed by atoms with Crippen molar-refractivity contribution in [1.29, 1.82) is 0 Å². The lowest BCUT2D eigenvalue weighted by Crippen LogP contribution is -2.45. The largest absolute Gasteiger partial charge is 0.469 e. The second kappa shape index (κ2) is 5.75. The topological polar surface area (TPSA) is 86.7 Å². The van der Waals surface area contributed by atoms with Gasteiger partial charge >= 0.3 is 11.9 Å². The third kappa shape index (κ3) is 2.75. The first-order valence-electron chi connectivity index (χ1n) is 5.60. The lowest BCUT2D eigenvalue weighted by atomic mass is 9.70. The Labute approximate surface area is 105 Å². The molecule has 1 saturated carbocycles. The summed E-state index contributed by atoms with van der Waals surface area (Å²) in [7, 11) is 2.36. The minimum atomic E-state index is -0.933. The van der Waals surface area contributed by atoms with E-state index in [1.165, 1.54) is 21.1 Å². The molecule has 0 radical (unpaired) electrons. The lowest BCUT2D eigenvalue weighted by Gasteiger charge is -2.32. The standard InChI is InChI=1S/C12H16O6/c1-6(13)8-4-7(14)5-9(11(15)17-2)10(8)12(16)18-3/h8-10H,4-5H2,1-3H3. The Morgan fingerprint density at radius 1 is 1.00 bits per heavy atom. The highest BCUT2D eigenvalue weighted by atomic mass is 16.5. The molecule has 1 rings (SSSR count). The van der Waals surface area contributed by atoms with E-state index in [9.17, 15) is 19.2 Å². The molecule has 0 heterocycles. The van der Waals surface area contributed by atoms with Crippen LogP contribution in [0.1, 0.15) is 19.8 Å². The van der Waals surface area contributed by atoms with Crippen molar-refractivity contribution in [3.8, 4) is 0 Å². The quantitative estimate of drug-likeness (QED) is 0.667. The molecule has 0 N–H and O–H groups in total. The van der Waals surface area contributed by atoms with E-state index in [-0.39, 0.29) is 24.4 Å². The fraction of sp³-hybridized carbons (Fsp3) is 0.667. The summed E-state index contributed by atoms with van der Waals surface area (Å²) in [6.07, 6.45) is -0.112. The maximum absolute atomic E-state index is 11.7. The highest BCUT2D eigenvalue weighted by molar-refractivity contribution is 5.97. The second-order valence-electron chi connectivity index (χ2n) is 4.34. The molecule has 0 aromatic heterocycles. The molecule has 1 fully saturated rings. The monoisotopic (exact) mass is 256 g/mol. The Kier molecular flexibility index (Phi) is 4.58. The van der Waals surface area contributed by atoms with Crippen LogP contribution in [-0.4, -0.2) is 37.7 Å². The van der Waals surface area contributed by atoms with E-state index in [1.54, 1.807) is 0 Å². The van der Waals surface area contributed by atoms with E-state index >= 15 is 0 Å². The van der Waals surface area contributed by atoms with Gasteiger partial charge in [0.25, 0.3) is 0 Å². The zero-order valence-corrected chi connectivity index (χ0v) is 10.6. The molecule has 3 atom stereocenters. The summed E-state index contributed by atoms with van der Waals surface area (Å²) in [5, 5.41) is 0. The van der Waals surface area contributed by atoms with Crippen molar-refractivity contribution < 1.29 is 28.7 Å². The SMILES string of the molecule is COC(=O)C1CC(=O)CC(C(C)=O)C1C(=O)OC. The molecule has 0 amide bonds. The van der Waals surface area contributed by atoms with Gasteiger partial charge in [0.1, 0.15) is 11.6 Å². The third-order valence-corrected chi connectivity index (χ3v) is 3.26. The number of Topliss-reactive ketones (excluding diaryl/α,β-unsaturated/α-hetero) is 2. The van der Waals surface area contributed by atoms with E-state index in [0.717, 1.165) is 0 Å². The van der Waals surface area contributed by atoms with Crippen LogP contribution in [0.5, 0.6) is 0 Å². The smallest absolute Gasteiger partial charge is 0.310 e. The zero-order chi connectivity index (χ0) is 13.9. The first kappa shape index (κ1) is 14.3. The molecule has 0 spiro atoms. The summed E-state index contributed by atoms with van der Waals surface area (Å²) in [6.45, 7) is 1.30. The fourth-order valence-electron chi connectivity index (χ4n) is 2.35. The van der Waals surface area contributed by atoms with Gasteiger partial charge in [0.15, 0.2) is 0 Å². The number of ketones is 2. The Hall–Kier alpha value is -1.72. The van der Waals surface area contributed by atoms with Gasteiger partial charge in [-0.05, 0) is 6.92 Å². The molecule has 1 aliphatic carbocycles. The molecule has 0 aromatic rings. The van der Waals surface area contributed by atoms with Crippen molar-refractivity contribution in [3.05, 3.63) is 0 Å². The summed E-state index contributed by atoms with van der Waals surface area (Å²) in [4.78, 5) is 46.4. The van der Waals surface area contributed by atoms with E-state index in [0.29, 0.717) is 0 Å². The van der Waals surface area contributed by atoms with Gasteiger partial charge in [-0.2, -0.15) is 0 Å². The number of carbonyl (C=O) groups excluding carboxylic acids is 4. The molecule has 18 heavy (non-hydrogen) atoms. The number of ether oxygens (including phenoxy) is 2. The van der Waals surface area contributed by atoms with Gasteiger partial charge in [-0.1, -0.05) is 0 Å². The minimum Gasteiger partial charge on any atom is -0.469 e. The molecule has 0 bridgehead atoms. The molecule has 3 unspecified atom stereocenters. The molecule has 0 aliphatic heterocycles. The summed E-state index contributed by atoms with van der Waals surface area (Å²) in [6, 6.07) is 0. The molecule has 6 heteroatoms. The van der Waals surface area contributed by atoms with Crippen LogP contribution in [0.25, 0.3) is 0 Å². The van der Waals surface area contributed by atoms with Crippen molar-refractivity contribution in [2.75, 3.05) is 14.2 Å². The van der Waals surface area contributed by atoms with Crippen molar-refractivity contribution in [2.45, 2.75) is 19.8 Å². The van der Waals surface area contributed by atoms with Crippen molar-refractivity contribution in [3.63, 3.8) is 0 Å². The molecular formula is C12H16O6. The number of rotatable bonds is 3. The lowest BCUT2D eigenvalue weighted by molar-refractivity contribution is -0.165. The van der Waals surface area contributed by atoms with E-state index in [4.69, 9.17) is 0 Å². The first-order chi connectivity index (χ1) is 8.42. The Morgan fingerprint density at radius 3 is 1.94 bits per heavy atom. The van der Waals surface area contributed by atoms with Gasteiger partial charge in [-0.25, -0.2) is 0 Å². The predicted molar refractivity (Wildman–Crippen MR) is 59.4 cm³/mol. The van der Waals surface area contributed by atoms with Crippen molar-refractivity contribution in [1.82, 2.24) is 0 Å². The van der Waals surface area contributed by atoms with Crippen LogP contribution in [0.4, 0.5) is 0 Å². The number of esters is 2. The number of hydrogen-bond donors (Lipinski definition) is 0. The highest BCUT2D eigenvalue weighted by Crippen LogP contribution is 2.35. The number of methoxy groups -OCH3 is 2. The van der Waals surface area contributed by atoms with Gasteiger partial charge in [0, 0.05) is 18.8 Å². The van der Waals surface area contributed by atoms with Crippen LogP contribution >= 0.6 is 0 Å². The zero-order valence-electron chi connectivity index (χ0n) is 10.6. The summed E-state index contributed by atoms with van der Waals surface area (Å²) in [5.74, 6) is -4.50. The van der Waals surface area contributed by atoms with E-state index in [2.05, 4.69) is 9.47 Å². The molecule has 1 aliphatic rings.